The van der Waals surface area contributed by atoms with E-state index in [1.54, 1.807) is 36.4 Å². The van der Waals surface area contributed by atoms with E-state index in [1.165, 1.54) is 4.90 Å². The first-order chi connectivity index (χ1) is 12.5. The van der Waals surface area contributed by atoms with Crippen LogP contribution in [0.2, 0.25) is 5.02 Å². The van der Waals surface area contributed by atoms with Crippen molar-refractivity contribution in [2.24, 2.45) is 0 Å². The van der Waals surface area contributed by atoms with Crippen LogP contribution in [-0.2, 0) is 16.0 Å². The summed E-state index contributed by atoms with van der Waals surface area (Å²) in [6.45, 7) is 1.96. The Balaban J connectivity index is 1.71. The van der Waals surface area contributed by atoms with Gasteiger partial charge in [-0.1, -0.05) is 48.9 Å². The molecular weight excluding hydrogens is 354 g/mol. The summed E-state index contributed by atoms with van der Waals surface area (Å²) in [5.41, 5.74) is 6.90. The van der Waals surface area contributed by atoms with Crippen molar-refractivity contribution in [2.45, 2.75) is 25.8 Å². The highest BCUT2D eigenvalue weighted by Gasteiger charge is 2.40. The number of imide groups is 1. The number of hydrogen-bond acceptors (Lipinski definition) is 4. The van der Waals surface area contributed by atoms with E-state index in [9.17, 15) is 14.4 Å². The molecule has 1 unspecified atom stereocenters. The molecule has 26 heavy (non-hydrogen) atoms. The van der Waals surface area contributed by atoms with Gasteiger partial charge in [0.15, 0.2) is 0 Å². The Bertz CT molecular complexity index is 869. The van der Waals surface area contributed by atoms with Crippen LogP contribution in [0.3, 0.4) is 0 Å². The van der Waals surface area contributed by atoms with Crippen molar-refractivity contribution in [2.75, 3.05) is 4.90 Å². The van der Waals surface area contributed by atoms with Crippen LogP contribution in [0.15, 0.2) is 48.5 Å². The van der Waals surface area contributed by atoms with E-state index >= 15 is 0 Å². The second kappa shape index (κ2) is 7.68. The first kappa shape index (κ1) is 18.1. The Morgan fingerprint density at radius 1 is 1.15 bits per heavy atom. The van der Waals surface area contributed by atoms with E-state index in [4.69, 9.17) is 11.6 Å². The number of nitrogens with zero attached hydrogens (tertiary/aromatic N) is 1. The van der Waals surface area contributed by atoms with Gasteiger partial charge in [0.05, 0.1) is 22.7 Å². The highest BCUT2D eigenvalue weighted by molar-refractivity contribution is 6.33. The largest absolute Gasteiger partial charge is 0.287 e. The Hall–Kier alpha value is -2.70. The number of benzene rings is 2. The van der Waals surface area contributed by atoms with Crippen LogP contribution < -0.4 is 15.8 Å². The quantitative estimate of drug-likeness (QED) is 0.625. The molecule has 2 aromatic carbocycles. The van der Waals surface area contributed by atoms with Gasteiger partial charge in [0.1, 0.15) is 6.04 Å². The van der Waals surface area contributed by atoms with Gasteiger partial charge in [-0.3, -0.25) is 19.8 Å². The molecule has 1 fully saturated rings. The topological polar surface area (TPSA) is 78.5 Å². The van der Waals surface area contributed by atoms with Crippen molar-refractivity contribution < 1.29 is 14.4 Å². The van der Waals surface area contributed by atoms with Gasteiger partial charge in [-0.15, -0.1) is 0 Å². The third-order valence-electron chi connectivity index (χ3n) is 4.24. The molecule has 0 radical (unpaired) electrons. The minimum absolute atomic E-state index is 0.0281. The van der Waals surface area contributed by atoms with Gasteiger partial charge in [-0.25, -0.2) is 10.3 Å². The number of rotatable bonds is 5. The summed E-state index contributed by atoms with van der Waals surface area (Å²) >= 11 is 5.99. The number of halogens is 1. The van der Waals surface area contributed by atoms with Crippen LogP contribution in [-0.4, -0.2) is 23.8 Å². The number of amides is 3. The van der Waals surface area contributed by atoms with E-state index in [1.807, 2.05) is 19.1 Å². The molecule has 134 valence electrons. The molecule has 1 aliphatic rings. The Kier molecular flexibility index (Phi) is 5.35. The number of anilines is 1. The maximum Gasteiger partial charge on any atom is 0.266 e. The fourth-order valence-corrected chi connectivity index (χ4v) is 3.11. The highest BCUT2D eigenvalue weighted by Crippen LogP contribution is 2.26. The van der Waals surface area contributed by atoms with Gasteiger partial charge in [-0.05, 0) is 30.2 Å². The first-order valence-electron chi connectivity index (χ1n) is 8.28. The molecule has 0 aliphatic carbocycles. The van der Waals surface area contributed by atoms with E-state index in [2.05, 4.69) is 10.9 Å². The Morgan fingerprint density at radius 3 is 2.58 bits per heavy atom. The zero-order chi connectivity index (χ0) is 18.7. The number of hydrazine groups is 1. The molecular formula is C19H18ClN3O3. The van der Waals surface area contributed by atoms with Crippen LogP contribution in [0.5, 0.6) is 0 Å². The standard InChI is InChI=1S/C19H18ClN3O3/c1-2-12-7-3-6-10-16(12)23-17(24)11-15(19(23)26)21-22-18(25)13-8-4-5-9-14(13)20/h3-10,15,21H,2,11H2,1H3,(H,22,25). The van der Waals surface area contributed by atoms with Crippen LogP contribution in [0, 0.1) is 0 Å². The predicted octanol–water partition coefficient (Wildman–Crippen LogP) is 2.47. The lowest BCUT2D eigenvalue weighted by Crippen LogP contribution is -2.48. The lowest BCUT2D eigenvalue weighted by Gasteiger charge is -2.18. The van der Waals surface area contributed by atoms with Crippen molar-refractivity contribution in [1.82, 2.24) is 10.9 Å². The van der Waals surface area contributed by atoms with E-state index in [-0.39, 0.29) is 17.9 Å². The Morgan fingerprint density at radius 2 is 1.85 bits per heavy atom. The number of hydrogen-bond donors (Lipinski definition) is 2. The molecule has 1 heterocycles. The molecule has 2 aromatic rings. The second-order valence-electron chi connectivity index (χ2n) is 5.88. The average Bonchev–Trinajstić information content (AvgIpc) is 2.93. The minimum Gasteiger partial charge on any atom is -0.287 e. The number of carbonyl (C=O) groups excluding carboxylic acids is 3. The molecule has 2 N–H and O–H groups in total. The third kappa shape index (κ3) is 3.47. The summed E-state index contributed by atoms with van der Waals surface area (Å²) in [6.07, 6.45) is 0.675. The van der Waals surface area contributed by atoms with Crippen LogP contribution >= 0.6 is 11.6 Å². The van der Waals surface area contributed by atoms with E-state index in [0.29, 0.717) is 17.1 Å². The number of carbonyl (C=O) groups is 3. The Labute approximate surface area is 156 Å². The summed E-state index contributed by atoms with van der Waals surface area (Å²) < 4.78 is 0. The molecule has 3 rings (SSSR count). The predicted molar refractivity (Wildman–Crippen MR) is 98.8 cm³/mol. The molecule has 0 bridgehead atoms. The first-order valence-corrected chi connectivity index (χ1v) is 8.65. The van der Waals surface area contributed by atoms with Crippen LogP contribution in [0.4, 0.5) is 5.69 Å². The molecule has 0 spiro atoms. The molecule has 0 saturated carbocycles. The fourth-order valence-electron chi connectivity index (χ4n) is 2.89. The van der Waals surface area contributed by atoms with Gasteiger partial charge < -0.3 is 0 Å². The molecule has 1 saturated heterocycles. The lowest BCUT2D eigenvalue weighted by atomic mass is 10.1. The molecule has 6 nitrogen and oxygen atoms in total. The molecule has 0 aromatic heterocycles. The summed E-state index contributed by atoms with van der Waals surface area (Å²) in [5.74, 6) is -1.17. The number of nitrogens with one attached hydrogen (secondary N) is 2. The second-order valence-corrected chi connectivity index (χ2v) is 6.29. The number of aryl methyl sites for hydroxylation is 1. The van der Waals surface area contributed by atoms with Crippen molar-refractivity contribution in [3.63, 3.8) is 0 Å². The summed E-state index contributed by atoms with van der Waals surface area (Å²) in [5, 5.41) is 0.305. The fraction of sp³-hybridized carbons (Fsp3) is 0.211. The van der Waals surface area contributed by atoms with Gasteiger partial charge >= 0.3 is 0 Å². The highest BCUT2D eigenvalue weighted by atomic mass is 35.5. The average molecular weight is 372 g/mol. The smallest absolute Gasteiger partial charge is 0.266 e. The molecule has 1 atom stereocenters. The van der Waals surface area contributed by atoms with Crippen LogP contribution in [0.25, 0.3) is 0 Å². The molecule has 3 amide bonds. The van der Waals surface area contributed by atoms with Gasteiger partial charge in [0, 0.05) is 0 Å². The summed E-state index contributed by atoms with van der Waals surface area (Å²) in [4.78, 5) is 38.4. The maximum absolute atomic E-state index is 12.7. The van der Waals surface area contributed by atoms with E-state index in [0.717, 1.165) is 5.56 Å². The monoisotopic (exact) mass is 371 g/mol. The SMILES string of the molecule is CCc1ccccc1N1C(=O)CC(NNC(=O)c2ccccc2Cl)C1=O. The van der Waals surface area contributed by atoms with Crippen molar-refractivity contribution >= 4 is 35.0 Å². The summed E-state index contributed by atoms with van der Waals surface area (Å²) in [7, 11) is 0. The zero-order valence-corrected chi connectivity index (χ0v) is 14.9. The number of para-hydroxylation sites is 1. The van der Waals surface area contributed by atoms with Gasteiger partial charge in [0.2, 0.25) is 5.91 Å². The van der Waals surface area contributed by atoms with E-state index < -0.39 is 17.9 Å². The lowest BCUT2D eigenvalue weighted by molar-refractivity contribution is -0.121. The van der Waals surface area contributed by atoms with Crippen molar-refractivity contribution in [3.05, 3.63) is 64.7 Å². The van der Waals surface area contributed by atoms with Crippen molar-refractivity contribution in [3.8, 4) is 0 Å². The zero-order valence-electron chi connectivity index (χ0n) is 14.2. The third-order valence-corrected chi connectivity index (χ3v) is 4.57. The van der Waals surface area contributed by atoms with Crippen molar-refractivity contribution in [1.29, 1.82) is 0 Å². The molecule has 7 heteroatoms. The normalized spacial score (nSPS) is 16.8. The maximum atomic E-state index is 12.7. The molecule has 1 aliphatic heterocycles. The van der Waals surface area contributed by atoms with Gasteiger partial charge in [-0.2, -0.15) is 0 Å². The minimum atomic E-state index is -0.821. The van der Waals surface area contributed by atoms with Gasteiger partial charge in [0.25, 0.3) is 11.8 Å². The van der Waals surface area contributed by atoms with Crippen LogP contribution in [0.1, 0.15) is 29.3 Å². The summed E-state index contributed by atoms with van der Waals surface area (Å²) in [6, 6.07) is 13.0.